The molecule has 0 aliphatic carbocycles. The Labute approximate surface area is 197 Å². The van der Waals surface area contributed by atoms with E-state index in [1.54, 1.807) is 18.2 Å². The maximum absolute atomic E-state index is 13.2. The second-order valence-corrected chi connectivity index (χ2v) is 8.66. The highest BCUT2D eigenvalue weighted by Gasteiger charge is 2.16. The molecule has 0 saturated carbocycles. The number of rotatable bonds is 5. The molecule has 0 saturated heterocycles. The highest BCUT2D eigenvalue weighted by molar-refractivity contribution is 7.99. The van der Waals surface area contributed by atoms with E-state index in [0.29, 0.717) is 26.8 Å². The molecule has 4 rings (SSSR count). The third kappa shape index (κ3) is 4.72. The van der Waals surface area contributed by atoms with E-state index in [2.05, 4.69) is 10.3 Å². The number of amides is 1. The first kappa shape index (κ1) is 21.7. The van der Waals surface area contributed by atoms with Crippen LogP contribution in [0.1, 0.15) is 0 Å². The van der Waals surface area contributed by atoms with Crippen molar-refractivity contribution in [3.8, 4) is 5.69 Å². The van der Waals surface area contributed by atoms with Gasteiger partial charge in [0.15, 0.2) is 5.16 Å². The van der Waals surface area contributed by atoms with Crippen LogP contribution in [0.2, 0.25) is 15.1 Å². The molecule has 0 atom stereocenters. The number of para-hydroxylation sites is 2. The molecular formula is C22H14Cl3N3O2S. The largest absolute Gasteiger partial charge is 0.323 e. The highest BCUT2D eigenvalue weighted by Crippen LogP contribution is 2.34. The van der Waals surface area contributed by atoms with Crippen molar-refractivity contribution in [1.82, 2.24) is 9.55 Å². The molecular weight excluding hydrogens is 477 g/mol. The minimum atomic E-state index is -0.349. The van der Waals surface area contributed by atoms with Gasteiger partial charge in [0, 0.05) is 5.02 Å². The molecule has 31 heavy (non-hydrogen) atoms. The van der Waals surface area contributed by atoms with Gasteiger partial charge in [-0.1, -0.05) is 76.9 Å². The molecule has 156 valence electrons. The number of nitrogens with zero attached hydrogens (tertiary/aromatic N) is 2. The van der Waals surface area contributed by atoms with E-state index in [4.69, 9.17) is 34.8 Å². The summed E-state index contributed by atoms with van der Waals surface area (Å²) >= 11 is 19.3. The Morgan fingerprint density at radius 1 is 0.968 bits per heavy atom. The molecule has 1 amide bonds. The summed E-state index contributed by atoms with van der Waals surface area (Å²) in [4.78, 5) is 30.4. The van der Waals surface area contributed by atoms with Gasteiger partial charge in [-0.2, -0.15) is 0 Å². The van der Waals surface area contributed by atoms with E-state index in [-0.39, 0.29) is 33.0 Å². The summed E-state index contributed by atoms with van der Waals surface area (Å²) in [6.07, 6.45) is 0. The van der Waals surface area contributed by atoms with Crippen LogP contribution < -0.4 is 10.9 Å². The molecule has 0 fully saturated rings. The minimum absolute atomic E-state index is 0.00705. The van der Waals surface area contributed by atoms with Gasteiger partial charge in [-0.05, 0) is 36.4 Å². The molecule has 1 heterocycles. The lowest BCUT2D eigenvalue weighted by Crippen LogP contribution is -2.23. The van der Waals surface area contributed by atoms with Gasteiger partial charge >= 0.3 is 0 Å². The van der Waals surface area contributed by atoms with Crippen LogP contribution in [0.3, 0.4) is 0 Å². The zero-order valence-corrected chi connectivity index (χ0v) is 18.9. The fraction of sp³-hybridized carbons (Fsp3) is 0.0455. The van der Waals surface area contributed by atoms with Crippen LogP contribution in [0.15, 0.2) is 76.7 Å². The first-order chi connectivity index (χ1) is 14.9. The van der Waals surface area contributed by atoms with Crippen molar-refractivity contribution >= 4 is 69.1 Å². The van der Waals surface area contributed by atoms with Gasteiger partial charge in [0.1, 0.15) is 0 Å². The number of fused-ring (bicyclic) bond motifs is 1. The second kappa shape index (κ2) is 9.32. The van der Waals surface area contributed by atoms with Gasteiger partial charge in [0.05, 0.1) is 38.1 Å². The van der Waals surface area contributed by atoms with Gasteiger partial charge < -0.3 is 5.32 Å². The number of carbonyl (C=O) groups is 1. The average Bonchev–Trinajstić information content (AvgIpc) is 2.75. The van der Waals surface area contributed by atoms with Crippen molar-refractivity contribution in [1.29, 1.82) is 0 Å². The molecule has 0 radical (unpaired) electrons. The molecule has 5 nitrogen and oxygen atoms in total. The Hall–Kier alpha value is -2.51. The van der Waals surface area contributed by atoms with Crippen LogP contribution in [0.5, 0.6) is 0 Å². The predicted octanol–water partition coefficient (Wildman–Crippen LogP) is 6.08. The molecule has 0 unspecified atom stereocenters. The number of nitrogens with one attached hydrogen (secondary N) is 1. The van der Waals surface area contributed by atoms with Crippen LogP contribution >= 0.6 is 46.6 Å². The average molecular weight is 491 g/mol. The fourth-order valence-electron chi connectivity index (χ4n) is 2.98. The number of aromatic nitrogens is 2. The summed E-state index contributed by atoms with van der Waals surface area (Å²) in [6.45, 7) is 0. The quantitative estimate of drug-likeness (QED) is 0.272. The van der Waals surface area contributed by atoms with Crippen molar-refractivity contribution in [2.45, 2.75) is 5.16 Å². The smallest absolute Gasteiger partial charge is 0.266 e. The molecule has 0 bridgehead atoms. The maximum Gasteiger partial charge on any atom is 0.266 e. The van der Waals surface area contributed by atoms with Gasteiger partial charge in [0.2, 0.25) is 5.91 Å². The Morgan fingerprint density at radius 3 is 2.32 bits per heavy atom. The zero-order valence-electron chi connectivity index (χ0n) is 15.8. The van der Waals surface area contributed by atoms with Crippen LogP contribution in [-0.2, 0) is 4.79 Å². The molecule has 0 aliphatic rings. The first-order valence-electron chi connectivity index (χ1n) is 9.08. The molecule has 1 N–H and O–H groups in total. The van der Waals surface area contributed by atoms with Gasteiger partial charge in [-0.15, -0.1) is 0 Å². The summed E-state index contributed by atoms with van der Waals surface area (Å²) in [5.41, 5.74) is 1.30. The number of hydrogen-bond donors (Lipinski definition) is 1. The van der Waals surface area contributed by atoms with Crippen molar-refractivity contribution in [3.63, 3.8) is 0 Å². The van der Waals surface area contributed by atoms with Gasteiger partial charge in [-0.3, -0.25) is 14.2 Å². The van der Waals surface area contributed by atoms with E-state index in [0.717, 1.165) is 11.8 Å². The normalized spacial score (nSPS) is 10.9. The Kier molecular flexibility index (Phi) is 6.53. The predicted molar refractivity (Wildman–Crippen MR) is 128 cm³/mol. The minimum Gasteiger partial charge on any atom is -0.323 e. The molecule has 0 aliphatic heterocycles. The Morgan fingerprint density at radius 2 is 1.61 bits per heavy atom. The molecule has 3 aromatic carbocycles. The standard InChI is InChI=1S/C22H14Cl3N3O2S/c23-13-10-16(24)20(17(25)11-13)27-19(29)12-31-22-26-18-9-5-4-8-15(18)21(30)28(22)14-6-2-1-3-7-14/h1-11H,12H2,(H,27,29). The van der Waals surface area contributed by atoms with E-state index >= 15 is 0 Å². The summed E-state index contributed by atoms with van der Waals surface area (Å²) in [6, 6.07) is 19.3. The van der Waals surface area contributed by atoms with E-state index in [1.165, 1.54) is 16.7 Å². The number of thioether (sulfide) groups is 1. The highest BCUT2D eigenvalue weighted by atomic mass is 35.5. The van der Waals surface area contributed by atoms with Crippen molar-refractivity contribution in [3.05, 3.63) is 92.2 Å². The lowest BCUT2D eigenvalue weighted by Gasteiger charge is -2.13. The van der Waals surface area contributed by atoms with E-state index in [9.17, 15) is 9.59 Å². The third-order valence-electron chi connectivity index (χ3n) is 4.36. The van der Waals surface area contributed by atoms with E-state index < -0.39 is 0 Å². The van der Waals surface area contributed by atoms with E-state index in [1.807, 2.05) is 36.4 Å². The molecule has 1 aromatic heterocycles. The Balaban J connectivity index is 1.65. The van der Waals surface area contributed by atoms with Crippen LogP contribution in [-0.4, -0.2) is 21.2 Å². The molecule has 4 aromatic rings. The first-order valence-corrected chi connectivity index (χ1v) is 11.2. The fourth-order valence-corrected chi connectivity index (χ4v) is 4.71. The number of halogens is 3. The topological polar surface area (TPSA) is 64.0 Å². The summed E-state index contributed by atoms with van der Waals surface area (Å²) in [5, 5.41) is 4.43. The SMILES string of the molecule is O=C(CSc1nc2ccccc2c(=O)n1-c1ccccc1)Nc1c(Cl)cc(Cl)cc1Cl. The van der Waals surface area contributed by atoms with Crippen molar-refractivity contribution in [2.75, 3.05) is 11.1 Å². The lowest BCUT2D eigenvalue weighted by molar-refractivity contribution is -0.113. The maximum atomic E-state index is 13.2. The molecule has 0 spiro atoms. The third-order valence-corrected chi connectivity index (χ3v) is 6.12. The monoisotopic (exact) mass is 489 g/mol. The van der Waals surface area contributed by atoms with Gasteiger partial charge in [-0.25, -0.2) is 4.98 Å². The number of hydrogen-bond acceptors (Lipinski definition) is 4. The lowest BCUT2D eigenvalue weighted by atomic mass is 10.2. The summed E-state index contributed by atoms with van der Waals surface area (Å²) in [7, 11) is 0. The van der Waals surface area contributed by atoms with Crippen LogP contribution in [0.4, 0.5) is 5.69 Å². The summed E-state index contributed by atoms with van der Waals surface area (Å²) < 4.78 is 1.50. The van der Waals surface area contributed by atoms with Crippen LogP contribution in [0.25, 0.3) is 16.6 Å². The van der Waals surface area contributed by atoms with Crippen molar-refractivity contribution in [2.24, 2.45) is 0 Å². The second-order valence-electron chi connectivity index (χ2n) is 6.47. The van der Waals surface area contributed by atoms with Crippen molar-refractivity contribution < 1.29 is 4.79 Å². The number of benzene rings is 3. The molecule has 9 heteroatoms. The van der Waals surface area contributed by atoms with Crippen LogP contribution in [0, 0.1) is 0 Å². The Bertz CT molecular complexity index is 1320. The number of carbonyl (C=O) groups excluding carboxylic acids is 1. The van der Waals surface area contributed by atoms with Gasteiger partial charge in [0.25, 0.3) is 5.56 Å². The number of anilines is 1. The summed E-state index contributed by atoms with van der Waals surface area (Å²) in [5.74, 6) is -0.356. The zero-order chi connectivity index (χ0) is 22.0.